The van der Waals surface area contributed by atoms with Gasteiger partial charge in [0.15, 0.2) is 4.34 Å². The van der Waals surface area contributed by atoms with Gasteiger partial charge in [0.1, 0.15) is 0 Å². The monoisotopic (exact) mass is 359 g/mol. The number of nitrogens with two attached hydrogens (primary N) is 1. The quantitative estimate of drug-likeness (QED) is 0.708. The molecule has 108 valence electrons. The average Bonchev–Trinajstić information content (AvgIpc) is 3.05. The zero-order chi connectivity index (χ0) is 14.8. The number of aromatic nitrogens is 4. The summed E-state index contributed by atoms with van der Waals surface area (Å²) in [5.74, 6) is 1.30. The molecule has 0 aliphatic heterocycles. The highest BCUT2D eigenvalue weighted by atomic mass is 35.5. The molecule has 0 unspecified atom stereocenters. The van der Waals surface area contributed by atoms with Crippen molar-refractivity contribution in [3.63, 3.8) is 0 Å². The molecule has 0 aliphatic carbocycles. The smallest absolute Gasteiger partial charge is 0.249 e. The number of anilines is 1. The van der Waals surface area contributed by atoms with Gasteiger partial charge in [-0.3, -0.25) is 0 Å². The third-order valence-electron chi connectivity index (χ3n) is 2.37. The summed E-state index contributed by atoms with van der Waals surface area (Å²) >= 11 is 14.7. The summed E-state index contributed by atoms with van der Waals surface area (Å²) in [6, 6.07) is 5.08. The summed E-state index contributed by atoms with van der Waals surface area (Å²) in [5.41, 5.74) is 6.15. The first kappa shape index (κ1) is 14.6. The van der Waals surface area contributed by atoms with Crippen LogP contribution < -0.4 is 5.73 Å². The van der Waals surface area contributed by atoms with Crippen molar-refractivity contribution in [2.24, 2.45) is 0 Å². The second kappa shape index (κ2) is 6.18. The van der Waals surface area contributed by atoms with E-state index in [4.69, 9.17) is 33.4 Å². The van der Waals surface area contributed by atoms with Crippen LogP contribution in [0.4, 0.5) is 5.13 Å². The van der Waals surface area contributed by atoms with Crippen molar-refractivity contribution in [1.29, 1.82) is 0 Å². The summed E-state index contributed by atoms with van der Waals surface area (Å²) in [6.45, 7) is 0. The number of halogens is 2. The van der Waals surface area contributed by atoms with Crippen LogP contribution in [-0.2, 0) is 5.75 Å². The number of nitrogen functional groups attached to an aromatic ring is 1. The van der Waals surface area contributed by atoms with E-state index in [0.29, 0.717) is 38.3 Å². The fraction of sp³-hybridized carbons (Fsp3) is 0.0909. The van der Waals surface area contributed by atoms with Crippen molar-refractivity contribution in [2.45, 2.75) is 10.1 Å². The van der Waals surface area contributed by atoms with Gasteiger partial charge in [-0.25, -0.2) is 0 Å². The molecule has 0 saturated heterocycles. The van der Waals surface area contributed by atoms with E-state index >= 15 is 0 Å². The Morgan fingerprint density at radius 3 is 2.76 bits per heavy atom. The summed E-state index contributed by atoms with van der Waals surface area (Å²) in [6.07, 6.45) is 0. The van der Waals surface area contributed by atoms with Crippen LogP contribution in [-0.4, -0.2) is 20.4 Å². The lowest BCUT2D eigenvalue weighted by molar-refractivity contribution is 0.528. The number of benzene rings is 1. The van der Waals surface area contributed by atoms with Gasteiger partial charge in [0.2, 0.25) is 16.9 Å². The van der Waals surface area contributed by atoms with Crippen LogP contribution in [0.25, 0.3) is 11.5 Å². The van der Waals surface area contributed by atoms with Gasteiger partial charge in [-0.2, -0.15) is 0 Å². The maximum absolute atomic E-state index is 6.10. The van der Waals surface area contributed by atoms with Crippen molar-refractivity contribution in [1.82, 2.24) is 20.4 Å². The first-order valence-corrected chi connectivity index (χ1v) is 8.17. The van der Waals surface area contributed by atoms with Crippen molar-refractivity contribution in [3.05, 3.63) is 34.1 Å². The van der Waals surface area contributed by atoms with Gasteiger partial charge in [0.25, 0.3) is 0 Å². The van der Waals surface area contributed by atoms with E-state index in [2.05, 4.69) is 20.4 Å². The zero-order valence-corrected chi connectivity index (χ0v) is 13.4. The van der Waals surface area contributed by atoms with Crippen LogP contribution in [0.5, 0.6) is 0 Å². The highest BCUT2D eigenvalue weighted by molar-refractivity contribution is 8.00. The molecule has 0 fully saturated rings. The molecule has 0 bridgehead atoms. The van der Waals surface area contributed by atoms with Gasteiger partial charge in [0.05, 0.1) is 16.3 Å². The minimum atomic E-state index is 0.351. The van der Waals surface area contributed by atoms with E-state index in [9.17, 15) is 0 Å². The minimum absolute atomic E-state index is 0.351. The Labute approximate surface area is 137 Å². The molecule has 21 heavy (non-hydrogen) atoms. The summed E-state index contributed by atoms with van der Waals surface area (Å²) in [5, 5.41) is 17.0. The lowest BCUT2D eigenvalue weighted by Gasteiger charge is -1.98. The number of nitrogens with zero attached hydrogens (tertiary/aromatic N) is 4. The molecule has 6 nitrogen and oxygen atoms in total. The molecular weight excluding hydrogens is 353 g/mol. The molecule has 10 heteroatoms. The van der Waals surface area contributed by atoms with Crippen molar-refractivity contribution < 1.29 is 4.42 Å². The Morgan fingerprint density at radius 1 is 1.19 bits per heavy atom. The number of rotatable bonds is 4. The predicted molar refractivity (Wildman–Crippen MR) is 83.6 cm³/mol. The second-order valence-corrected chi connectivity index (χ2v) is 6.90. The van der Waals surface area contributed by atoms with Gasteiger partial charge in [-0.1, -0.05) is 46.3 Å². The van der Waals surface area contributed by atoms with Crippen LogP contribution in [0.3, 0.4) is 0 Å². The Bertz CT molecular complexity index is 776. The van der Waals surface area contributed by atoms with E-state index in [0.717, 1.165) is 4.34 Å². The third-order valence-corrected chi connectivity index (χ3v) is 4.79. The molecule has 0 aliphatic rings. The fourth-order valence-corrected chi connectivity index (χ4v) is 3.45. The molecule has 2 N–H and O–H groups in total. The van der Waals surface area contributed by atoms with Crippen molar-refractivity contribution >= 4 is 51.4 Å². The Balaban J connectivity index is 1.74. The zero-order valence-electron chi connectivity index (χ0n) is 10.3. The largest absolute Gasteiger partial charge is 0.420 e. The van der Waals surface area contributed by atoms with E-state index in [1.165, 1.54) is 23.1 Å². The maximum atomic E-state index is 6.10. The van der Waals surface area contributed by atoms with Crippen LogP contribution in [0, 0.1) is 0 Å². The average molecular weight is 360 g/mol. The molecule has 1 aromatic carbocycles. The van der Waals surface area contributed by atoms with Gasteiger partial charge >= 0.3 is 0 Å². The fourth-order valence-electron chi connectivity index (χ4n) is 1.49. The van der Waals surface area contributed by atoms with Gasteiger partial charge < -0.3 is 10.2 Å². The first-order valence-electron chi connectivity index (χ1n) is 5.61. The molecular formula is C11H7Cl2N5OS2. The van der Waals surface area contributed by atoms with Crippen molar-refractivity contribution in [2.75, 3.05) is 5.73 Å². The van der Waals surface area contributed by atoms with E-state index in [1.807, 2.05) is 0 Å². The van der Waals surface area contributed by atoms with E-state index in [1.54, 1.807) is 18.2 Å². The summed E-state index contributed by atoms with van der Waals surface area (Å²) in [7, 11) is 0. The van der Waals surface area contributed by atoms with Crippen LogP contribution in [0.1, 0.15) is 5.89 Å². The first-order chi connectivity index (χ1) is 10.1. The standard InChI is InChI=1S/C11H7Cl2N5OS2/c12-5-1-2-6(7(13)3-5)9-16-15-8(19-9)4-20-11-18-17-10(14)21-11/h1-3H,4H2,(H2,14,17). The molecule has 0 spiro atoms. The minimum Gasteiger partial charge on any atom is -0.420 e. The lowest BCUT2D eigenvalue weighted by Crippen LogP contribution is -1.80. The number of hydrogen-bond donors (Lipinski definition) is 1. The maximum Gasteiger partial charge on any atom is 0.249 e. The molecule has 0 radical (unpaired) electrons. The number of hydrogen-bond acceptors (Lipinski definition) is 8. The summed E-state index contributed by atoms with van der Waals surface area (Å²) < 4.78 is 6.32. The van der Waals surface area contributed by atoms with Gasteiger partial charge in [-0.05, 0) is 18.2 Å². The Morgan fingerprint density at radius 2 is 2.05 bits per heavy atom. The highest BCUT2D eigenvalue weighted by Crippen LogP contribution is 2.31. The van der Waals surface area contributed by atoms with Gasteiger partial charge in [-0.15, -0.1) is 20.4 Å². The van der Waals surface area contributed by atoms with E-state index < -0.39 is 0 Å². The summed E-state index contributed by atoms with van der Waals surface area (Å²) in [4.78, 5) is 0. The normalized spacial score (nSPS) is 11.0. The second-order valence-electron chi connectivity index (χ2n) is 3.82. The SMILES string of the molecule is Nc1nnc(SCc2nnc(-c3ccc(Cl)cc3Cl)o2)s1. The van der Waals surface area contributed by atoms with Gasteiger partial charge in [0, 0.05) is 5.02 Å². The molecule has 3 rings (SSSR count). The third kappa shape index (κ3) is 3.46. The van der Waals surface area contributed by atoms with Crippen LogP contribution in [0.2, 0.25) is 10.0 Å². The predicted octanol–water partition coefficient (Wildman–Crippen LogP) is 3.77. The van der Waals surface area contributed by atoms with Crippen LogP contribution >= 0.6 is 46.3 Å². The molecule has 2 aromatic heterocycles. The highest BCUT2D eigenvalue weighted by Gasteiger charge is 2.13. The number of thioether (sulfide) groups is 1. The van der Waals surface area contributed by atoms with E-state index in [-0.39, 0.29) is 0 Å². The molecule has 2 heterocycles. The van der Waals surface area contributed by atoms with Crippen molar-refractivity contribution in [3.8, 4) is 11.5 Å². The lowest BCUT2D eigenvalue weighted by atomic mass is 10.2. The molecule has 0 amide bonds. The topological polar surface area (TPSA) is 90.7 Å². The van der Waals surface area contributed by atoms with Crippen LogP contribution in [0.15, 0.2) is 27.0 Å². The Hall–Kier alpha value is -1.35. The molecule has 3 aromatic rings. The molecule has 0 saturated carbocycles. The Kier molecular flexibility index (Phi) is 4.29. The molecule has 0 atom stereocenters.